The first-order valence-corrected chi connectivity index (χ1v) is 13.2. The van der Waals surface area contributed by atoms with E-state index >= 15 is 0 Å². The van der Waals surface area contributed by atoms with E-state index in [1.165, 1.54) is 31.3 Å². The first-order valence-electron chi connectivity index (χ1n) is 12.4. The molecule has 0 radical (unpaired) electrons. The Morgan fingerprint density at radius 2 is 1.68 bits per heavy atom. The molecule has 40 heavy (non-hydrogen) atoms. The number of likely N-dealkylation sites (N-methyl/N-ethyl adjacent to an activating group) is 1. The fourth-order valence-corrected chi connectivity index (χ4v) is 5.78. The van der Waals surface area contributed by atoms with Gasteiger partial charge in [-0.05, 0) is 84.6 Å². The minimum Gasteiger partial charge on any atom is -0.405 e. The van der Waals surface area contributed by atoms with Crippen LogP contribution in [0.5, 0.6) is 5.75 Å². The molecule has 0 bridgehead atoms. The molecule has 6 nitrogen and oxygen atoms in total. The van der Waals surface area contributed by atoms with Crippen LogP contribution in [0.1, 0.15) is 36.1 Å². The smallest absolute Gasteiger partial charge is 0.405 e. The lowest BCUT2D eigenvalue weighted by Crippen LogP contribution is -2.35. The van der Waals surface area contributed by atoms with Gasteiger partial charge in [0.2, 0.25) is 5.91 Å². The van der Waals surface area contributed by atoms with Crippen LogP contribution in [0.2, 0.25) is 0 Å². The Morgan fingerprint density at radius 1 is 0.975 bits per heavy atom. The summed E-state index contributed by atoms with van der Waals surface area (Å²) in [6, 6.07) is 17.1. The van der Waals surface area contributed by atoms with Crippen LogP contribution in [0.25, 0.3) is 17.2 Å². The van der Waals surface area contributed by atoms with Gasteiger partial charge in [0.1, 0.15) is 5.75 Å². The van der Waals surface area contributed by atoms with Gasteiger partial charge in [-0.15, -0.1) is 13.2 Å². The van der Waals surface area contributed by atoms with Crippen molar-refractivity contribution in [1.29, 1.82) is 0 Å². The van der Waals surface area contributed by atoms with E-state index in [4.69, 9.17) is 0 Å². The molecule has 10 heteroatoms. The third kappa shape index (κ3) is 4.99. The molecule has 0 unspecified atom stereocenters. The lowest BCUT2D eigenvalue weighted by Gasteiger charge is -2.21. The average molecular weight is 567 g/mol. The Kier molecular flexibility index (Phi) is 6.78. The number of aryl methyl sites for hydroxylation is 1. The van der Waals surface area contributed by atoms with Crippen LogP contribution in [0.3, 0.4) is 0 Å². The SMILES string of the molecule is Cc1cc2c(cc1-c1cc(C=C3SC(=O)N(C)C3=O)ccc1OC(F)(F)F)N(Cc1ccccc1)C(=O)C2(C)C. The van der Waals surface area contributed by atoms with Crippen LogP contribution >= 0.6 is 11.8 Å². The molecule has 0 saturated carbocycles. The predicted octanol–water partition coefficient (Wildman–Crippen LogP) is 7.05. The van der Waals surface area contributed by atoms with E-state index in [1.54, 1.807) is 17.9 Å². The highest BCUT2D eigenvalue weighted by Crippen LogP contribution is 2.47. The van der Waals surface area contributed by atoms with Crippen molar-refractivity contribution in [3.63, 3.8) is 0 Å². The first kappa shape index (κ1) is 27.5. The van der Waals surface area contributed by atoms with Gasteiger partial charge in [0.25, 0.3) is 11.1 Å². The molecule has 3 aromatic carbocycles. The molecule has 0 atom stereocenters. The number of ether oxygens (including phenoxy) is 1. The van der Waals surface area contributed by atoms with Gasteiger partial charge in [-0.1, -0.05) is 42.5 Å². The van der Waals surface area contributed by atoms with Crippen LogP contribution in [0, 0.1) is 6.92 Å². The number of thioether (sulfide) groups is 1. The van der Waals surface area contributed by atoms with Crippen molar-refractivity contribution in [1.82, 2.24) is 4.90 Å². The zero-order valence-electron chi connectivity index (χ0n) is 22.1. The van der Waals surface area contributed by atoms with Crippen molar-refractivity contribution in [2.45, 2.75) is 39.1 Å². The lowest BCUT2D eigenvalue weighted by atomic mass is 9.84. The van der Waals surface area contributed by atoms with Crippen LogP contribution in [0.15, 0.2) is 65.6 Å². The van der Waals surface area contributed by atoms with E-state index in [9.17, 15) is 27.6 Å². The summed E-state index contributed by atoms with van der Waals surface area (Å²) < 4.78 is 44.6. The number of amides is 3. The van der Waals surface area contributed by atoms with E-state index < -0.39 is 28.7 Å². The van der Waals surface area contributed by atoms with Crippen molar-refractivity contribution in [2.24, 2.45) is 0 Å². The number of nitrogens with zero attached hydrogens (tertiary/aromatic N) is 2. The number of imide groups is 1. The third-order valence-corrected chi connectivity index (χ3v) is 8.03. The van der Waals surface area contributed by atoms with Crippen LogP contribution in [0.4, 0.5) is 23.7 Å². The molecule has 2 aliphatic rings. The molecule has 206 valence electrons. The highest BCUT2D eigenvalue weighted by atomic mass is 32.2. The van der Waals surface area contributed by atoms with E-state index in [0.29, 0.717) is 28.9 Å². The summed E-state index contributed by atoms with van der Waals surface area (Å²) in [6.07, 6.45) is -3.48. The number of rotatable bonds is 5. The number of fused-ring (bicyclic) bond motifs is 1. The Bertz CT molecular complexity index is 1580. The number of anilines is 1. The van der Waals surface area contributed by atoms with Gasteiger partial charge in [0.05, 0.1) is 16.9 Å². The summed E-state index contributed by atoms with van der Waals surface area (Å²) in [5, 5.41) is -0.436. The van der Waals surface area contributed by atoms with Crippen molar-refractivity contribution >= 4 is 40.6 Å². The second-order valence-corrected chi connectivity index (χ2v) is 11.2. The Labute approximate surface area is 233 Å². The first-order chi connectivity index (χ1) is 18.8. The highest BCUT2D eigenvalue weighted by molar-refractivity contribution is 8.18. The number of hydrogen-bond donors (Lipinski definition) is 0. The molecule has 3 amide bonds. The number of benzene rings is 3. The third-order valence-electron chi connectivity index (χ3n) is 7.07. The molecular weight excluding hydrogens is 541 g/mol. The van der Waals surface area contributed by atoms with Gasteiger partial charge in [-0.2, -0.15) is 0 Å². The summed E-state index contributed by atoms with van der Waals surface area (Å²) in [6.45, 7) is 5.73. The van der Waals surface area contributed by atoms with Gasteiger partial charge in [0.15, 0.2) is 0 Å². The zero-order valence-corrected chi connectivity index (χ0v) is 22.9. The number of alkyl halides is 3. The number of carbonyl (C=O) groups excluding carboxylic acids is 3. The Balaban J connectivity index is 1.65. The molecular formula is C30H25F3N2O4S. The summed E-state index contributed by atoms with van der Waals surface area (Å²) in [5.41, 5.74) is 3.12. The summed E-state index contributed by atoms with van der Waals surface area (Å²) in [7, 11) is 1.36. The standard InChI is InChI=1S/C30H25F3N2O4S/c1-17-12-22-23(35(27(37)29(22,2)3)16-18-8-6-5-7-9-18)15-20(17)21-13-19(10-11-24(21)39-30(31,32)33)14-25-26(36)34(4)28(38)40-25/h5-15H,16H2,1-4H3. The molecule has 0 aromatic heterocycles. The van der Waals surface area contributed by atoms with E-state index in [0.717, 1.165) is 27.8 Å². The maximum atomic E-state index is 13.5. The highest BCUT2D eigenvalue weighted by Gasteiger charge is 2.44. The quantitative estimate of drug-likeness (QED) is 0.310. The molecule has 1 fully saturated rings. The Morgan fingerprint density at radius 3 is 2.30 bits per heavy atom. The normalized spacial score (nSPS) is 17.7. The molecule has 0 aliphatic carbocycles. The maximum Gasteiger partial charge on any atom is 0.573 e. The molecule has 0 spiro atoms. The van der Waals surface area contributed by atoms with Gasteiger partial charge in [-0.25, -0.2) is 0 Å². The van der Waals surface area contributed by atoms with Crippen LogP contribution in [-0.2, 0) is 21.5 Å². The number of hydrogen-bond acceptors (Lipinski definition) is 5. The fourth-order valence-electron chi connectivity index (χ4n) is 4.95. The van der Waals surface area contributed by atoms with Crippen molar-refractivity contribution < 1.29 is 32.3 Å². The lowest BCUT2D eigenvalue weighted by molar-refractivity contribution is -0.274. The molecule has 2 aliphatic heterocycles. The van der Waals surface area contributed by atoms with Gasteiger partial charge < -0.3 is 9.64 Å². The fraction of sp³-hybridized carbons (Fsp3) is 0.233. The molecule has 1 saturated heterocycles. The maximum absolute atomic E-state index is 13.5. The van der Waals surface area contributed by atoms with E-state index in [-0.39, 0.29) is 16.4 Å². The van der Waals surface area contributed by atoms with E-state index in [1.807, 2.05) is 50.2 Å². The van der Waals surface area contributed by atoms with Gasteiger partial charge in [0, 0.05) is 18.3 Å². The molecule has 2 heterocycles. The van der Waals surface area contributed by atoms with Crippen molar-refractivity contribution in [3.05, 3.63) is 87.8 Å². The minimum absolute atomic E-state index is 0.112. The summed E-state index contributed by atoms with van der Waals surface area (Å²) in [5.74, 6) is -1.02. The number of carbonyl (C=O) groups is 3. The molecule has 5 rings (SSSR count). The monoisotopic (exact) mass is 566 g/mol. The second kappa shape index (κ2) is 9.85. The summed E-state index contributed by atoms with van der Waals surface area (Å²) in [4.78, 5) is 40.6. The largest absolute Gasteiger partial charge is 0.573 e. The van der Waals surface area contributed by atoms with Crippen molar-refractivity contribution in [3.8, 4) is 16.9 Å². The second-order valence-electron chi connectivity index (χ2n) is 10.2. The minimum atomic E-state index is -4.94. The predicted molar refractivity (Wildman–Crippen MR) is 148 cm³/mol. The topological polar surface area (TPSA) is 66.9 Å². The van der Waals surface area contributed by atoms with Gasteiger partial charge in [-0.3, -0.25) is 19.3 Å². The van der Waals surface area contributed by atoms with Crippen LogP contribution in [-0.4, -0.2) is 35.4 Å². The van der Waals surface area contributed by atoms with E-state index in [2.05, 4.69) is 4.74 Å². The van der Waals surface area contributed by atoms with Gasteiger partial charge >= 0.3 is 6.36 Å². The van der Waals surface area contributed by atoms with Crippen molar-refractivity contribution in [2.75, 3.05) is 11.9 Å². The number of halogens is 3. The molecule has 0 N–H and O–H groups in total. The summed E-state index contributed by atoms with van der Waals surface area (Å²) >= 11 is 0.756. The molecule has 3 aromatic rings. The van der Waals surface area contributed by atoms with Crippen LogP contribution < -0.4 is 9.64 Å². The average Bonchev–Trinajstić information content (AvgIpc) is 3.23. The Hall–Kier alpha value is -4.05. The zero-order chi connectivity index (χ0) is 29.0.